The van der Waals surface area contributed by atoms with Crippen LogP contribution in [-0.4, -0.2) is 28.8 Å². The lowest BCUT2D eigenvalue weighted by Crippen LogP contribution is -2.40. The summed E-state index contributed by atoms with van der Waals surface area (Å²) in [6.07, 6.45) is 7.93. The Balaban J connectivity index is 1.50. The molecule has 7 nitrogen and oxygen atoms in total. The second-order valence-corrected chi connectivity index (χ2v) is 7.49. The van der Waals surface area contributed by atoms with Crippen molar-refractivity contribution in [3.63, 3.8) is 0 Å². The van der Waals surface area contributed by atoms with Crippen molar-refractivity contribution in [2.24, 2.45) is 4.99 Å². The largest absolute Gasteiger partial charge is 0.478 e. The number of carbonyl (C=O) groups is 1. The average Bonchev–Trinajstić information content (AvgIpc) is 3.45. The fourth-order valence-corrected chi connectivity index (χ4v) is 4.74. The van der Waals surface area contributed by atoms with Crippen LogP contribution in [0, 0.1) is 6.92 Å². The molecule has 140 valence electrons. The minimum Gasteiger partial charge on any atom is -0.478 e. The van der Waals surface area contributed by atoms with Crippen molar-refractivity contribution in [3.8, 4) is 0 Å². The third-order valence-electron chi connectivity index (χ3n) is 6.09. The summed E-state index contributed by atoms with van der Waals surface area (Å²) in [5.41, 5.74) is 6.68. The maximum atomic E-state index is 11.9. The number of aliphatic imine (C=N–C) groups is 1. The number of hydrogen-bond donors (Lipinski definition) is 2. The van der Waals surface area contributed by atoms with Crippen molar-refractivity contribution in [2.45, 2.75) is 51.0 Å². The number of aliphatic carboxylic acids is 1. The molecule has 2 aliphatic carbocycles. The van der Waals surface area contributed by atoms with Crippen LogP contribution >= 0.6 is 0 Å². The molecule has 1 aromatic carbocycles. The van der Waals surface area contributed by atoms with Gasteiger partial charge in [0.25, 0.3) is 11.6 Å². The number of fused-ring (bicyclic) bond motifs is 2. The molecule has 5 rings (SSSR count). The maximum absolute atomic E-state index is 11.9. The Labute approximate surface area is 156 Å². The van der Waals surface area contributed by atoms with E-state index in [1.165, 1.54) is 40.1 Å². The minimum atomic E-state index is -1.63. The molecule has 0 saturated carbocycles. The summed E-state index contributed by atoms with van der Waals surface area (Å²) in [7, 11) is 0. The number of hydrogen-bond acceptors (Lipinski definition) is 6. The Bertz CT molecular complexity index is 929. The van der Waals surface area contributed by atoms with E-state index in [1.807, 2.05) is 0 Å². The number of nitrogens with zero attached hydrogens (tertiary/aromatic N) is 2. The van der Waals surface area contributed by atoms with Gasteiger partial charge in [-0.15, -0.1) is 0 Å². The number of aromatic nitrogens is 1. The summed E-state index contributed by atoms with van der Waals surface area (Å²) >= 11 is 0. The van der Waals surface area contributed by atoms with E-state index in [9.17, 15) is 9.90 Å². The first-order chi connectivity index (χ1) is 13.1. The van der Waals surface area contributed by atoms with Gasteiger partial charge in [-0.1, -0.05) is 5.16 Å². The van der Waals surface area contributed by atoms with Gasteiger partial charge in [-0.2, -0.15) is 0 Å². The fraction of sp³-hybridized carbons (Fsp3) is 0.450. The molecule has 2 N–H and O–H groups in total. The van der Waals surface area contributed by atoms with Crippen LogP contribution in [0.1, 0.15) is 46.4 Å². The Morgan fingerprint density at radius 3 is 2.41 bits per heavy atom. The molecule has 0 bridgehead atoms. The molecule has 1 atom stereocenters. The normalized spacial score (nSPS) is 22.9. The molecule has 0 spiro atoms. The number of benzene rings is 1. The van der Waals surface area contributed by atoms with Gasteiger partial charge in [0.2, 0.25) is 0 Å². The highest BCUT2D eigenvalue weighted by Gasteiger charge is 2.50. The van der Waals surface area contributed by atoms with Gasteiger partial charge in [0.15, 0.2) is 0 Å². The Morgan fingerprint density at radius 2 is 1.81 bits per heavy atom. The lowest BCUT2D eigenvalue weighted by atomic mass is 9.93. The van der Waals surface area contributed by atoms with E-state index < -0.39 is 11.6 Å². The van der Waals surface area contributed by atoms with Crippen molar-refractivity contribution in [3.05, 3.63) is 45.8 Å². The molecule has 0 amide bonds. The molecular formula is C20H21N3O4. The molecule has 1 aliphatic heterocycles. The predicted molar refractivity (Wildman–Crippen MR) is 98.1 cm³/mol. The van der Waals surface area contributed by atoms with Crippen LogP contribution in [0.25, 0.3) is 0 Å². The third kappa shape index (κ3) is 2.30. The molecule has 1 unspecified atom stereocenters. The van der Waals surface area contributed by atoms with Gasteiger partial charge in [0, 0.05) is 11.8 Å². The van der Waals surface area contributed by atoms with E-state index in [4.69, 9.17) is 9.26 Å². The standard InChI is InChI=1S/C20H21N3O4/c1-11-12-4-2-6-14(12)17(15-7-3-5-13(11)15)22-19-21-10-20(27-19,18(24)25)16-8-9-26-23-16/h8-9H,2-7,10H2,1H3,(H,21,22)(H,24,25). The van der Waals surface area contributed by atoms with E-state index >= 15 is 0 Å². The molecule has 2 heterocycles. The highest BCUT2D eigenvalue weighted by Crippen LogP contribution is 2.42. The molecule has 1 aromatic heterocycles. The first-order valence-corrected chi connectivity index (χ1v) is 9.41. The first-order valence-electron chi connectivity index (χ1n) is 9.41. The molecule has 0 radical (unpaired) electrons. The van der Waals surface area contributed by atoms with Gasteiger partial charge in [-0.25, -0.2) is 9.79 Å². The smallest absolute Gasteiger partial charge is 0.356 e. The zero-order valence-corrected chi connectivity index (χ0v) is 15.2. The molecule has 0 fully saturated rings. The van der Waals surface area contributed by atoms with Crippen molar-refractivity contribution in [1.29, 1.82) is 0 Å². The van der Waals surface area contributed by atoms with E-state index in [0.29, 0.717) is 0 Å². The van der Waals surface area contributed by atoms with Crippen LogP contribution in [0.2, 0.25) is 0 Å². The predicted octanol–water partition coefficient (Wildman–Crippen LogP) is 2.74. The zero-order valence-electron chi connectivity index (χ0n) is 15.2. The van der Waals surface area contributed by atoms with Crippen LogP contribution in [-0.2, 0) is 40.8 Å². The number of anilines is 1. The van der Waals surface area contributed by atoms with Crippen LogP contribution in [0.15, 0.2) is 21.8 Å². The maximum Gasteiger partial charge on any atom is 0.356 e. The quantitative estimate of drug-likeness (QED) is 0.866. The molecule has 2 aromatic rings. The average molecular weight is 367 g/mol. The Hall–Kier alpha value is -2.83. The highest BCUT2D eigenvalue weighted by atomic mass is 16.6. The number of ether oxygens (including phenoxy) is 1. The van der Waals surface area contributed by atoms with E-state index in [2.05, 4.69) is 22.4 Å². The SMILES string of the molecule is Cc1c2c(c(NC3=NCC(C(=O)O)(c4ccon4)O3)c3c1CCC3)CCC2. The van der Waals surface area contributed by atoms with Crippen molar-refractivity contribution < 1.29 is 19.2 Å². The van der Waals surface area contributed by atoms with Crippen molar-refractivity contribution in [1.82, 2.24) is 5.16 Å². The fourth-order valence-electron chi connectivity index (χ4n) is 4.74. The Morgan fingerprint density at radius 1 is 1.15 bits per heavy atom. The second-order valence-electron chi connectivity index (χ2n) is 7.49. The van der Waals surface area contributed by atoms with E-state index in [0.717, 1.165) is 44.2 Å². The van der Waals surface area contributed by atoms with E-state index in [-0.39, 0.29) is 18.3 Å². The van der Waals surface area contributed by atoms with Crippen LogP contribution < -0.4 is 5.32 Å². The summed E-state index contributed by atoms with van der Waals surface area (Å²) in [4.78, 5) is 16.3. The molecule has 27 heavy (non-hydrogen) atoms. The van der Waals surface area contributed by atoms with Gasteiger partial charge >= 0.3 is 5.97 Å². The summed E-state index contributed by atoms with van der Waals surface area (Å²) < 4.78 is 10.7. The number of carboxylic acids is 1. The molecular weight excluding hydrogens is 346 g/mol. The van der Waals surface area contributed by atoms with Crippen LogP contribution in [0.3, 0.4) is 0 Å². The van der Waals surface area contributed by atoms with Crippen molar-refractivity contribution >= 4 is 17.7 Å². The molecule has 7 heteroatoms. The lowest BCUT2D eigenvalue weighted by molar-refractivity contribution is -0.155. The molecule has 3 aliphatic rings. The monoisotopic (exact) mass is 367 g/mol. The lowest BCUT2D eigenvalue weighted by Gasteiger charge is -2.23. The van der Waals surface area contributed by atoms with Gasteiger partial charge in [-0.3, -0.25) is 0 Å². The van der Waals surface area contributed by atoms with Gasteiger partial charge in [-0.05, 0) is 73.3 Å². The van der Waals surface area contributed by atoms with Gasteiger partial charge in [0.1, 0.15) is 18.5 Å². The number of carboxylic acid groups (broad SMARTS) is 1. The number of nitrogens with one attached hydrogen (secondary N) is 1. The number of rotatable bonds is 3. The number of amidine groups is 1. The third-order valence-corrected chi connectivity index (χ3v) is 6.09. The van der Waals surface area contributed by atoms with Crippen LogP contribution in [0.4, 0.5) is 5.69 Å². The van der Waals surface area contributed by atoms with Crippen LogP contribution in [0.5, 0.6) is 0 Å². The van der Waals surface area contributed by atoms with Crippen molar-refractivity contribution in [2.75, 3.05) is 11.9 Å². The minimum absolute atomic E-state index is 0.0343. The second kappa shape index (κ2) is 5.84. The summed E-state index contributed by atoms with van der Waals surface area (Å²) in [6, 6.07) is 1.75. The Kier molecular flexibility index (Phi) is 3.54. The zero-order chi connectivity index (χ0) is 18.6. The highest BCUT2D eigenvalue weighted by molar-refractivity contribution is 5.96. The van der Waals surface area contributed by atoms with E-state index in [1.54, 1.807) is 0 Å². The van der Waals surface area contributed by atoms with Gasteiger partial charge < -0.3 is 19.7 Å². The molecule has 0 saturated heterocycles. The topological polar surface area (TPSA) is 97.0 Å². The summed E-state index contributed by atoms with van der Waals surface area (Å²) in [5, 5.41) is 16.9. The summed E-state index contributed by atoms with van der Waals surface area (Å²) in [6.45, 7) is 2.20. The van der Waals surface area contributed by atoms with Gasteiger partial charge in [0.05, 0.1) is 0 Å². The summed E-state index contributed by atoms with van der Waals surface area (Å²) in [5.74, 6) is -1.13. The first kappa shape index (κ1) is 16.4.